The van der Waals surface area contributed by atoms with E-state index < -0.39 is 0 Å². The normalized spacial score (nSPS) is 42.3. The van der Waals surface area contributed by atoms with Crippen molar-refractivity contribution >= 4 is 17.6 Å². The molecule has 1 heterocycles. The zero-order valence-corrected chi connectivity index (χ0v) is 19.9. The van der Waals surface area contributed by atoms with Crippen molar-refractivity contribution < 1.29 is 14.4 Å². The van der Waals surface area contributed by atoms with Gasteiger partial charge in [0.25, 0.3) is 0 Å². The Hall–Kier alpha value is -1.65. The molecule has 4 rings (SSSR count). The maximum absolute atomic E-state index is 13.4. The predicted molar refractivity (Wildman–Crippen MR) is 121 cm³/mol. The summed E-state index contributed by atoms with van der Waals surface area (Å²) in [6.45, 7) is 10.4. The maximum atomic E-state index is 13.4. The first kappa shape index (κ1) is 22.5. The molecule has 0 aromatic heterocycles. The quantitative estimate of drug-likeness (QED) is 0.694. The fourth-order valence-corrected chi connectivity index (χ4v) is 7.83. The second-order valence-electron chi connectivity index (χ2n) is 11.7. The zero-order valence-electron chi connectivity index (χ0n) is 19.9. The van der Waals surface area contributed by atoms with Gasteiger partial charge in [0.1, 0.15) is 0 Å². The van der Waals surface area contributed by atoms with E-state index in [2.05, 4.69) is 44.4 Å². The molecule has 5 heteroatoms. The summed E-state index contributed by atoms with van der Waals surface area (Å²) in [6, 6.07) is -0.125. The Balaban J connectivity index is 1.52. The fraction of sp³-hybridized carbons (Fsp3) is 0.808. The van der Waals surface area contributed by atoms with E-state index in [1.165, 1.54) is 0 Å². The molecular formula is C26H40N2O3. The average Bonchev–Trinajstić information content (AvgIpc) is 3.05. The van der Waals surface area contributed by atoms with Gasteiger partial charge in [-0.05, 0) is 87.0 Å². The minimum absolute atomic E-state index is 0.000377. The van der Waals surface area contributed by atoms with E-state index in [0.29, 0.717) is 30.1 Å². The Bertz CT molecular complexity index is 790. The molecule has 5 nitrogen and oxygen atoms in total. The summed E-state index contributed by atoms with van der Waals surface area (Å²) in [5.41, 5.74) is 0.0325. The van der Waals surface area contributed by atoms with Crippen LogP contribution < -0.4 is 10.6 Å². The van der Waals surface area contributed by atoms with Crippen molar-refractivity contribution in [1.29, 1.82) is 0 Å². The third kappa shape index (κ3) is 3.76. The summed E-state index contributed by atoms with van der Waals surface area (Å²) in [5.74, 6) is 2.28. The van der Waals surface area contributed by atoms with Crippen LogP contribution in [0, 0.1) is 40.4 Å². The Labute approximate surface area is 187 Å². The van der Waals surface area contributed by atoms with Crippen molar-refractivity contribution in [3.63, 3.8) is 0 Å². The number of ketones is 1. The molecule has 1 aliphatic heterocycles. The molecular weight excluding hydrogens is 388 g/mol. The number of hydrogen-bond acceptors (Lipinski definition) is 3. The molecule has 4 aliphatic rings. The van der Waals surface area contributed by atoms with E-state index >= 15 is 0 Å². The highest BCUT2D eigenvalue weighted by Crippen LogP contribution is 2.65. The Morgan fingerprint density at radius 2 is 1.87 bits per heavy atom. The van der Waals surface area contributed by atoms with Crippen LogP contribution in [0.2, 0.25) is 0 Å². The number of carbonyl (C=O) groups is 3. The Morgan fingerprint density at radius 1 is 1.13 bits per heavy atom. The van der Waals surface area contributed by atoms with E-state index in [4.69, 9.17) is 0 Å². The van der Waals surface area contributed by atoms with Crippen LogP contribution in [0.25, 0.3) is 0 Å². The lowest BCUT2D eigenvalue weighted by molar-refractivity contribution is -0.136. The maximum Gasteiger partial charge on any atom is 0.243 e. The molecule has 3 aliphatic carbocycles. The molecule has 0 saturated heterocycles. The third-order valence-corrected chi connectivity index (χ3v) is 9.52. The van der Waals surface area contributed by atoms with Crippen molar-refractivity contribution in [3.8, 4) is 0 Å². The van der Waals surface area contributed by atoms with E-state index in [1.807, 2.05) is 0 Å². The van der Waals surface area contributed by atoms with Crippen LogP contribution in [-0.4, -0.2) is 29.7 Å². The average molecular weight is 429 g/mol. The molecule has 0 aromatic carbocycles. The smallest absolute Gasteiger partial charge is 0.243 e. The fourth-order valence-electron chi connectivity index (χ4n) is 7.83. The molecule has 0 radical (unpaired) electrons. The zero-order chi connectivity index (χ0) is 22.6. The molecule has 0 spiro atoms. The van der Waals surface area contributed by atoms with Gasteiger partial charge < -0.3 is 10.6 Å². The number of rotatable bonds is 5. The van der Waals surface area contributed by atoms with Crippen LogP contribution in [0.4, 0.5) is 0 Å². The molecule has 0 bridgehead atoms. The summed E-state index contributed by atoms with van der Waals surface area (Å²) >= 11 is 0. The molecule has 1 unspecified atom stereocenters. The molecule has 2 N–H and O–H groups in total. The second kappa shape index (κ2) is 8.04. The van der Waals surface area contributed by atoms with Crippen molar-refractivity contribution in [2.45, 2.75) is 91.6 Å². The van der Waals surface area contributed by atoms with E-state index in [1.54, 1.807) is 13.0 Å². The van der Waals surface area contributed by atoms with Gasteiger partial charge in [-0.1, -0.05) is 33.8 Å². The molecule has 2 amide bonds. The number of Topliss-reactive ketones (excluding diaryl/α,β-unsaturated/α-hetero) is 1. The molecule has 8 atom stereocenters. The first-order valence-electron chi connectivity index (χ1n) is 12.4. The Morgan fingerprint density at radius 3 is 2.55 bits per heavy atom. The van der Waals surface area contributed by atoms with E-state index in [9.17, 15) is 14.4 Å². The van der Waals surface area contributed by atoms with Gasteiger partial charge in [0, 0.05) is 17.4 Å². The highest BCUT2D eigenvalue weighted by atomic mass is 16.2. The lowest BCUT2D eigenvalue weighted by atomic mass is 9.48. The van der Waals surface area contributed by atoms with Gasteiger partial charge in [0.15, 0.2) is 5.78 Å². The molecule has 3 saturated carbocycles. The van der Waals surface area contributed by atoms with Gasteiger partial charge in [-0.25, -0.2) is 0 Å². The van der Waals surface area contributed by atoms with Gasteiger partial charge >= 0.3 is 0 Å². The van der Waals surface area contributed by atoms with Gasteiger partial charge in [0.05, 0.1) is 6.04 Å². The largest absolute Gasteiger partial charge is 0.349 e. The van der Waals surface area contributed by atoms with Gasteiger partial charge in [-0.3, -0.25) is 14.4 Å². The molecule has 172 valence electrons. The molecule has 0 aromatic rings. The standard InChI is InChI=1S/C26H40N2O3/c1-15(2)14-21(16(3)29)27-24(31)20-8-7-18-17-6-9-22-26(5,13-11-23(30)28-22)19(17)10-12-25(18,20)4/h11,13,15,17-22H,6-10,12,14H2,1-5H3,(H,27,31)(H,28,30)/t17-,18-,19-,20+,21?,22-,25-,26-/m1/s1. The number of fused-ring (bicyclic) bond motifs is 5. The highest BCUT2D eigenvalue weighted by Gasteiger charge is 2.60. The first-order chi connectivity index (χ1) is 14.6. The Kier molecular flexibility index (Phi) is 5.85. The monoisotopic (exact) mass is 428 g/mol. The van der Waals surface area contributed by atoms with Crippen LogP contribution in [0.15, 0.2) is 12.2 Å². The summed E-state index contributed by atoms with van der Waals surface area (Å²) in [5, 5.41) is 6.34. The molecule has 3 fully saturated rings. The van der Waals surface area contributed by atoms with Gasteiger partial charge in [-0.15, -0.1) is 0 Å². The summed E-state index contributed by atoms with van der Waals surface area (Å²) in [6.07, 6.45) is 11.0. The van der Waals surface area contributed by atoms with Crippen LogP contribution in [0.3, 0.4) is 0 Å². The summed E-state index contributed by atoms with van der Waals surface area (Å²) < 4.78 is 0. The van der Waals surface area contributed by atoms with Crippen LogP contribution in [0.1, 0.15) is 79.6 Å². The highest BCUT2D eigenvalue weighted by molar-refractivity contribution is 5.89. The van der Waals surface area contributed by atoms with E-state index in [-0.39, 0.29) is 46.4 Å². The van der Waals surface area contributed by atoms with Crippen molar-refractivity contribution in [1.82, 2.24) is 10.6 Å². The minimum atomic E-state index is -0.364. The topological polar surface area (TPSA) is 75.3 Å². The SMILES string of the molecule is CC(=O)C(CC(C)C)NC(=O)[C@@H]1CC[C@@H]2[C@H]3CC[C@H]4NC(=O)C=C[C@]4(C)[C@@H]3CC[C@]21C. The van der Waals surface area contributed by atoms with Crippen molar-refractivity contribution in [2.24, 2.45) is 40.4 Å². The second-order valence-corrected chi connectivity index (χ2v) is 11.7. The predicted octanol–water partition coefficient (Wildman–Crippen LogP) is 4.02. The first-order valence-corrected chi connectivity index (χ1v) is 12.4. The number of hydrogen-bond donors (Lipinski definition) is 2. The summed E-state index contributed by atoms with van der Waals surface area (Å²) in [4.78, 5) is 37.4. The van der Waals surface area contributed by atoms with Gasteiger partial charge in [0.2, 0.25) is 11.8 Å². The van der Waals surface area contributed by atoms with Crippen LogP contribution in [-0.2, 0) is 14.4 Å². The summed E-state index contributed by atoms with van der Waals surface area (Å²) in [7, 11) is 0. The van der Waals surface area contributed by atoms with Gasteiger partial charge in [-0.2, -0.15) is 0 Å². The molecule has 31 heavy (non-hydrogen) atoms. The third-order valence-electron chi connectivity index (χ3n) is 9.52. The minimum Gasteiger partial charge on any atom is -0.349 e. The van der Waals surface area contributed by atoms with E-state index in [0.717, 1.165) is 38.5 Å². The lowest BCUT2D eigenvalue weighted by Gasteiger charge is -2.58. The number of nitrogens with one attached hydrogen (secondary N) is 2. The van der Waals surface area contributed by atoms with Crippen molar-refractivity contribution in [2.75, 3.05) is 0 Å². The number of carbonyl (C=O) groups excluding carboxylic acids is 3. The lowest BCUT2D eigenvalue weighted by Crippen LogP contribution is -2.59. The van der Waals surface area contributed by atoms with Crippen LogP contribution >= 0.6 is 0 Å². The number of amides is 2. The van der Waals surface area contributed by atoms with Crippen LogP contribution in [0.5, 0.6) is 0 Å². The van der Waals surface area contributed by atoms with Crippen molar-refractivity contribution in [3.05, 3.63) is 12.2 Å².